The zero-order chi connectivity index (χ0) is 21.5. The predicted molar refractivity (Wildman–Crippen MR) is 138 cm³/mol. The molecule has 0 spiro atoms. The van der Waals surface area contributed by atoms with E-state index < -0.39 is 0 Å². The summed E-state index contributed by atoms with van der Waals surface area (Å²) in [6.45, 7) is 6.67. The molecule has 0 atom stereocenters. The highest BCUT2D eigenvalue weighted by Crippen LogP contribution is 2.45. The molecule has 4 rings (SSSR count). The van der Waals surface area contributed by atoms with Crippen molar-refractivity contribution < 1.29 is 4.57 Å². The van der Waals surface area contributed by atoms with Gasteiger partial charge in [-0.25, -0.2) is 0 Å². The van der Waals surface area contributed by atoms with Gasteiger partial charge in [-0.15, -0.1) is 0 Å². The molecule has 1 aliphatic heterocycles. The average Bonchev–Trinajstić information content (AvgIpc) is 3.33. The predicted octanol–water partition coefficient (Wildman–Crippen LogP) is 7.81. The molecule has 160 valence electrons. The van der Waals surface area contributed by atoms with Gasteiger partial charge in [-0.1, -0.05) is 92.3 Å². The summed E-state index contributed by atoms with van der Waals surface area (Å²) in [6, 6.07) is 17.4. The number of thiazole rings is 1. The number of nitrogens with zero attached hydrogens (tertiary/aromatic N) is 2. The van der Waals surface area contributed by atoms with Gasteiger partial charge in [-0.05, 0) is 30.7 Å². The summed E-state index contributed by atoms with van der Waals surface area (Å²) in [5, 5.41) is 2.64. The van der Waals surface area contributed by atoms with Gasteiger partial charge in [0.25, 0.3) is 5.01 Å². The second kappa shape index (κ2) is 10.8. The minimum absolute atomic E-state index is 1.08. The summed E-state index contributed by atoms with van der Waals surface area (Å²) in [5.74, 6) is 0. The first kappa shape index (κ1) is 21.9. The minimum Gasteiger partial charge on any atom is -0.335 e. The lowest BCUT2D eigenvalue weighted by Gasteiger charge is -2.19. The van der Waals surface area contributed by atoms with E-state index in [9.17, 15) is 0 Å². The molecule has 2 nitrogen and oxygen atoms in total. The average molecular weight is 448 g/mol. The Morgan fingerprint density at radius 1 is 0.903 bits per heavy atom. The van der Waals surface area contributed by atoms with E-state index in [1.165, 1.54) is 56.5 Å². The molecule has 2 aromatic carbocycles. The Bertz CT molecular complexity index is 1110. The van der Waals surface area contributed by atoms with Crippen molar-refractivity contribution >= 4 is 45.1 Å². The molecular weight excluding hydrogens is 416 g/mol. The summed E-state index contributed by atoms with van der Waals surface area (Å²) < 4.78 is 3.82. The van der Waals surface area contributed by atoms with Crippen LogP contribution in [0.25, 0.3) is 16.3 Å². The van der Waals surface area contributed by atoms with Crippen molar-refractivity contribution in [2.24, 2.45) is 0 Å². The fourth-order valence-corrected chi connectivity index (χ4v) is 5.99. The molecule has 0 fully saturated rings. The molecule has 3 aromatic rings. The van der Waals surface area contributed by atoms with Crippen LogP contribution in [-0.4, -0.2) is 6.54 Å². The quantitative estimate of drug-likeness (QED) is 0.244. The number of rotatable bonds is 9. The van der Waals surface area contributed by atoms with Crippen LogP contribution in [0.2, 0.25) is 0 Å². The maximum Gasteiger partial charge on any atom is 0.262 e. The Hall–Kier alpha value is -2.30. The van der Waals surface area contributed by atoms with Crippen LogP contribution in [-0.2, 0) is 6.54 Å². The summed E-state index contributed by atoms with van der Waals surface area (Å²) in [7, 11) is 0. The third-order valence-corrected chi connectivity index (χ3v) is 7.71. The van der Waals surface area contributed by atoms with Gasteiger partial charge in [0.05, 0.1) is 10.7 Å². The fraction of sp³-hybridized carbons (Fsp3) is 0.296. The maximum atomic E-state index is 2.46. The van der Waals surface area contributed by atoms with E-state index in [1.54, 1.807) is 0 Å². The van der Waals surface area contributed by atoms with Gasteiger partial charge >= 0.3 is 0 Å². The van der Waals surface area contributed by atoms with Crippen molar-refractivity contribution in [3.63, 3.8) is 0 Å². The van der Waals surface area contributed by atoms with E-state index in [4.69, 9.17) is 0 Å². The topological polar surface area (TPSA) is 7.12 Å². The normalized spacial score (nSPS) is 15.2. The van der Waals surface area contributed by atoms with Crippen molar-refractivity contribution in [1.82, 2.24) is 0 Å². The van der Waals surface area contributed by atoms with Gasteiger partial charge in [-0.3, -0.25) is 0 Å². The Balaban J connectivity index is 1.50. The van der Waals surface area contributed by atoms with Gasteiger partial charge in [-0.2, -0.15) is 4.57 Å². The van der Waals surface area contributed by atoms with Crippen LogP contribution >= 0.6 is 23.1 Å². The number of aromatic nitrogens is 1. The number of allylic oxidation sites excluding steroid dienone is 4. The van der Waals surface area contributed by atoms with Crippen LogP contribution in [0, 0.1) is 0 Å². The van der Waals surface area contributed by atoms with Gasteiger partial charge in [0, 0.05) is 30.0 Å². The van der Waals surface area contributed by atoms with Crippen LogP contribution in [0.1, 0.15) is 44.5 Å². The summed E-state index contributed by atoms with van der Waals surface area (Å²) in [4.78, 5) is 3.82. The fourth-order valence-electron chi connectivity index (χ4n) is 3.79. The molecule has 2 heterocycles. The largest absolute Gasteiger partial charge is 0.335 e. The van der Waals surface area contributed by atoms with E-state index in [1.807, 2.05) is 23.1 Å². The highest BCUT2D eigenvalue weighted by atomic mass is 32.2. The van der Waals surface area contributed by atoms with Crippen LogP contribution < -0.4 is 9.47 Å². The number of benzene rings is 2. The number of hydrogen-bond donors (Lipinski definition) is 0. The first-order valence-corrected chi connectivity index (χ1v) is 13.0. The molecule has 0 saturated carbocycles. The lowest BCUT2D eigenvalue weighted by atomic mass is 10.2. The summed E-state index contributed by atoms with van der Waals surface area (Å²) in [6.07, 6.45) is 15.8. The van der Waals surface area contributed by atoms with Crippen molar-refractivity contribution in [2.75, 3.05) is 11.4 Å². The molecule has 1 aromatic heterocycles. The number of thioether (sulfide) groups is 1. The highest BCUT2D eigenvalue weighted by molar-refractivity contribution is 8.03. The highest BCUT2D eigenvalue weighted by Gasteiger charge is 2.23. The van der Waals surface area contributed by atoms with Crippen molar-refractivity contribution in [2.45, 2.75) is 51.0 Å². The molecule has 0 bridgehead atoms. The SMILES string of the molecule is CCCCN1C(=CC=CC=Cc2sc3ccccc3[n+]2CCCC)Sc2ccccc21. The van der Waals surface area contributed by atoms with Crippen molar-refractivity contribution in [3.05, 3.63) is 82.9 Å². The number of hydrogen-bond acceptors (Lipinski definition) is 3. The van der Waals surface area contributed by atoms with Crippen LogP contribution in [0.5, 0.6) is 0 Å². The summed E-state index contributed by atoms with van der Waals surface area (Å²) in [5.41, 5.74) is 2.69. The molecule has 0 radical (unpaired) electrons. The molecule has 0 aliphatic carbocycles. The first-order valence-electron chi connectivity index (χ1n) is 11.3. The zero-order valence-corrected chi connectivity index (χ0v) is 20.1. The van der Waals surface area contributed by atoms with Crippen LogP contribution in [0.15, 0.2) is 82.8 Å². The standard InChI is InChI=1S/C27H31N2S2/c1-3-5-20-28-22-14-10-12-16-24(22)30-26(28)18-8-7-9-19-27-29(21-6-4-2)23-15-11-13-17-25(23)31-27/h7-19H,3-6,20-21H2,1-2H3/q+1. The first-order chi connectivity index (χ1) is 15.3. The smallest absolute Gasteiger partial charge is 0.262 e. The van der Waals surface area contributed by atoms with Gasteiger partial charge in [0.1, 0.15) is 4.70 Å². The third kappa shape index (κ3) is 5.13. The molecular formula is C27H31N2S2+. The second-order valence-electron chi connectivity index (χ2n) is 7.74. The zero-order valence-electron chi connectivity index (χ0n) is 18.5. The number of anilines is 1. The van der Waals surface area contributed by atoms with Crippen molar-refractivity contribution in [3.8, 4) is 0 Å². The van der Waals surface area contributed by atoms with Crippen LogP contribution in [0.4, 0.5) is 5.69 Å². The Labute approximate surface area is 194 Å². The molecule has 31 heavy (non-hydrogen) atoms. The molecule has 0 saturated heterocycles. The van der Waals surface area contributed by atoms with Gasteiger partial charge in [0.15, 0.2) is 6.54 Å². The van der Waals surface area contributed by atoms with Crippen molar-refractivity contribution in [1.29, 1.82) is 0 Å². The van der Waals surface area contributed by atoms with E-state index >= 15 is 0 Å². The monoisotopic (exact) mass is 447 g/mol. The van der Waals surface area contributed by atoms with E-state index in [0.29, 0.717) is 0 Å². The summed E-state index contributed by atoms with van der Waals surface area (Å²) >= 11 is 3.75. The van der Waals surface area contributed by atoms with Crippen LogP contribution in [0.3, 0.4) is 0 Å². The number of fused-ring (bicyclic) bond motifs is 2. The second-order valence-corrected chi connectivity index (χ2v) is 9.86. The number of para-hydroxylation sites is 2. The van der Waals surface area contributed by atoms with Gasteiger partial charge < -0.3 is 4.90 Å². The molecule has 0 N–H and O–H groups in total. The third-order valence-electron chi connectivity index (χ3n) is 5.44. The number of unbranched alkanes of at least 4 members (excludes halogenated alkanes) is 2. The Kier molecular flexibility index (Phi) is 7.66. The Morgan fingerprint density at radius 3 is 2.58 bits per heavy atom. The van der Waals surface area contributed by atoms with E-state index in [0.717, 1.165) is 13.1 Å². The number of aryl methyl sites for hydroxylation is 1. The molecule has 0 unspecified atom stereocenters. The minimum atomic E-state index is 1.08. The maximum absolute atomic E-state index is 2.46. The Morgan fingerprint density at radius 2 is 1.71 bits per heavy atom. The lowest BCUT2D eigenvalue weighted by Crippen LogP contribution is -2.34. The molecule has 4 heteroatoms. The van der Waals surface area contributed by atoms with E-state index in [-0.39, 0.29) is 0 Å². The molecule has 0 amide bonds. The van der Waals surface area contributed by atoms with Gasteiger partial charge in [0.2, 0.25) is 5.52 Å². The molecule has 1 aliphatic rings. The lowest BCUT2D eigenvalue weighted by molar-refractivity contribution is -0.669. The van der Waals surface area contributed by atoms with E-state index in [2.05, 4.69) is 102 Å².